The lowest BCUT2D eigenvalue weighted by atomic mass is 9.90. The zero-order valence-corrected chi connectivity index (χ0v) is 12.2. The molecule has 1 aromatic heterocycles. The summed E-state index contributed by atoms with van der Waals surface area (Å²) in [5, 5.41) is 0. The number of aromatic nitrogens is 1. The molecule has 2 aromatic rings. The SMILES string of the molecule is Cc1nc(-c2ccc3c(c2)CCCC3)ccc1CS. The molecular weight excluding hydrogens is 250 g/mol. The van der Waals surface area contributed by atoms with Crippen molar-refractivity contribution < 1.29 is 0 Å². The van der Waals surface area contributed by atoms with E-state index in [0.717, 1.165) is 17.1 Å². The zero-order valence-electron chi connectivity index (χ0n) is 11.3. The summed E-state index contributed by atoms with van der Waals surface area (Å²) in [6, 6.07) is 11.1. The Morgan fingerprint density at radius 2 is 1.84 bits per heavy atom. The van der Waals surface area contributed by atoms with E-state index in [1.54, 1.807) is 0 Å². The topological polar surface area (TPSA) is 12.9 Å². The van der Waals surface area contributed by atoms with E-state index in [2.05, 4.69) is 49.9 Å². The highest BCUT2D eigenvalue weighted by molar-refractivity contribution is 7.79. The van der Waals surface area contributed by atoms with Crippen molar-refractivity contribution in [2.45, 2.75) is 38.4 Å². The highest BCUT2D eigenvalue weighted by Gasteiger charge is 2.11. The van der Waals surface area contributed by atoms with Gasteiger partial charge in [-0.15, -0.1) is 0 Å². The maximum atomic E-state index is 4.71. The van der Waals surface area contributed by atoms with Crippen molar-refractivity contribution in [3.05, 3.63) is 52.7 Å². The molecule has 3 rings (SSSR count). The van der Waals surface area contributed by atoms with Crippen LogP contribution in [0.2, 0.25) is 0 Å². The van der Waals surface area contributed by atoms with Gasteiger partial charge in [-0.1, -0.05) is 18.2 Å². The summed E-state index contributed by atoms with van der Waals surface area (Å²) < 4.78 is 0. The van der Waals surface area contributed by atoms with Gasteiger partial charge in [-0.3, -0.25) is 4.98 Å². The minimum absolute atomic E-state index is 0.753. The fourth-order valence-corrected chi connectivity index (χ4v) is 3.14. The van der Waals surface area contributed by atoms with E-state index in [4.69, 9.17) is 4.98 Å². The van der Waals surface area contributed by atoms with Crippen LogP contribution in [0, 0.1) is 6.92 Å². The molecule has 0 radical (unpaired) electrons. The second-order valence-electron chi connectivity index (χ2n) is 5.29. The summed E-state index contributed by atoms with van der Waals surface area (Å²) in [5.74, 6) is 0.753. The quantitative estimate of drug-likeness (QED) is 0.799. The average molecular weight is 269 g/mol. The van der Waals surface area contributed by atoms with Crippen molar-refractivity contribution in [1.82, 2.24) is 4.98 Å². The van der Waals surface area contributed by atoms with Crippen LogP contribution in [-0.2, 0) is 18.6 Å². The molecule has 0 saturated carbocycles. The minimum atomic E-state index is 0.753. The third kappa shape index (κ3) is 2.55. The summed E-state index contributed by atoms with van der Waals surface area (Å²) in [7, 11) is 0. The molecular formula is C17H19NS. The van der Waals surface area contributed by atoms with Crippen LogP contribution in [0.4, 0.5) is 0 Å². The monoisotopic (exact) mass is 269 g/mol. The summed E-state index contributed by atoms with van der Waals surface area (Å²) in [6.45, 7) is 2.06. The van der Waals surface area contributed by atoms with E-state index in [0.29, 0.717) is 0 Å². The molecule has 2 heteroatoms. The molecule has 0 aliphatic heterocycles. The van der Waals surface area contributed by atoms with Crippen LogP contribution in [0.1, 0.15) is 35.2 Å². The van der Waals surface area contributed by atoms with Crippen LogP contribution >= 0.6 is 12.6 Å². The largest absolute Gasteiger partial charge is 0.253 e. The van der Waals surface area contributed by atoms with E-state index in [9.17, 15) is 0 Å². The predicted octanol–water partition coefficient (Wildman–Crippen LogP) is 4.37. The predicted molar refractivity (Wildman–Crippen MR) is 83.7 cm³/mol. The van der Waals surface area contributed by atoms with E-state index in [1.807, 2.05) is 0 Å². The van der Waals surface area contributed by atoms with Gasteiger partial charge in [0.1, 0.15) is 0 Å². The molecule has 0 amide bonds. The molecule has 0 atom stereocenters. The van der Waals surface area contributed by atoms with Crippen molar-refractivity contribution in [2.75, 3.05) is 0 Å². The molecule has 98 valence electrons. The molecule has 0 N–H and O–H groups in total. The molecule has 0 saturated heterocycles. The lowest BCUT2D eigenvalue weighted by molar-refractivity contribution is 0.686. The van der Waals surface area contributed by atoms with E-state index in [1.165, 1.54) is 47.9 Å². The number of hydrogen-bond donors (Lipinski definition) is 1. The number of hydrogen-bond acceptors (Lipinski definition) is 2. The van der Waals surface area contributed by atoms with Crippen molar-refractivity contribution in [1.29, 1.82) is 0 Å². The van der Waals surface area contributed by atoms with E-state index < -0.39 is 0 Å². The summed E-state index contributed by atoms with van der Waals surface area (Å²) in [6.07, 6.45) is 5.11. The van der Waals surface area contributed by atoms with Crippen LogP contribution in [0.15, 0.2) is 30.3 Å². The Balaban J connectivity index is 2.00. The van der Waals surface area contributed by atoms with Crippen LogP contribution in [0.3, 0.4) is 0 Å². The average Bonchev–Trinajstić information content (AvgIpc) is 2.46. The smallest absolute Gasteiger partial charge is 0.0705 e. The summed E-state index contributed by atoms with van der Waals surface area (Å²) >= 11 is 4.33. The van der Waals surface area contributed by atoms with Gasteiger partial charge in [0.2, 0.25) is 0 Å². The van der Waals surface area contributed by atoms with Crippen molar-refractivity contribution >= 4 is 12.6 Å². The maximum absolute atomic E-state index is 4.71. The third-order valence-corrected chi connectivity index (χ3v) is 4.35. The number of rotatable bonds is 2. The number of pyridine rings is 1. The van der Waals surface area contributed by atoms with Gasteiger partial charge in [-0.2, -0.15) is 12.6 Å². The number of benzene rings is 1. The van der Waals surface area contributed by atoms with Gasteiger partial charge in [0.25, 0.3) is 0 Å². The molecule has 0 spiro atoms. The summed E-state index contributed by atoms with van der Waals surface area (Å²) in [5.41, 5.74) is 7.67. The van der Waals surface area contributed by atoms with Crippen LogP contribution in [0.5, 0.6) is 0 Å². The molecule has 1 nitrogen and oxygen atoms in total. The number of nitrogens with zero attached hydrogens (tertiary/aromatic N) is 1. The van der Waals surface area contributed by atoms with Gasteiger partial charge in [0, 0.05) is 17.0 Å². The Labute approximate surface area is 120 Å². The van der Waals surface area contributed by atoms with Crippen LogP contribution < -0.4 is 0 Å². The van der Waals surface area contributed by atoms with E-state index in [-0.39, 0.29) is 0 Å². The van der Waals surface area contributed by atoms with Crippen LogP contribution in [0.25, 0.3) is 11.3 Å². The highest BCUT2D eigenvalue weighted by atomic mass is 32.1. The first-order valence-corrected chi connectivity index (χ1v) is 7.61. The first-order chi connectivity index (χ1) is 9.28. The second kappa shape index (κ2) is 5.38. The molecule has 1 aliphatic carbocycles. The van der Waals surface area contributed by atoms with Gasteiger partial charge in [0.05, 0.1) is 5.69 Å². The lowest BCUT2D eigenvalue weighted by Gasteiger charge is -2.16. The standard InChI is InChI=1S/C17H19NS/c1-12-16(11-19)8-9-17(18-12)15-7-6-13-4-2-3-5-14(13)10-15/h6-10,19H,2-5,11H2,1H3. The lowest BCUT2D eigenvalue weighted by Crippen LogP contribution is -2.02. The molecule has 1 aromatic carbocycles. The zero-order chi connectivity index (χ0) is 13.2. The van der Waals surface area contributed by atoms with Crippen molar-refractivity contribution in [2.24, 2.45) is 0 Å². The van der Waals surface area contributed by atoms with Gasteiger partial charge in [-0.25, -0.2) is 0 Å². The molecule has 0 unspecified atom stereocenters. The maximum Gasteiger partial charge on any atom is 0.0705 e. The van der Waals surface area contributed by atoms with Crippen molar-refractivity contribution in [3.8, 4) is 11.3 Å². The first-order valence-electron chi connectivity index (χ1n) is 6.97. The molecule has 19 heavy (non-hydrogen) atoms. The third-order valence-electron chi connectivity index (χ3n) is 4.01. The Hall–Kier alpha value is -1.28. The van der Waals surface area contributed by atoms with Crippen molar-refractivity contribution in [3.63, 3.8) is 0 Å². The van der Waals surface area contributed by atoms with Gasteiger partial charge in [0.15, 0.2) is 0 Å². The second-order valence-corrected chi connectivity index (χ2v) is 5.61. The Morgan fingerprint density at radius 3 is 2.58 bits per heavy atom. The Kier molecular flexibility index (Phi) is 3.61. The number of fused-ring (bicyclic) bond motifs is 1. The van der Waals surface area contributed by atoms with E-state index >= 15 is 0 Å². The fraction of sp³-hybridized carbons (Fsp3) is 0.353. The van der Waals surface area contributed by atoms with Gasteiger partial charge >= 0.3 is 0 Å². The minimum Gasteiger partial charge on any atom is -0.253 e. The Morgan fingerprint density at radius 1 is 1.05 bits per heavy atom. The first kappa shape index (κ1) is 12.7. The fourth-order valence-electron chi connectivity index (χ4n) is 2.81. The normalized spacial score (nSPS) is 14.2. The van der Waals surface area contributed by atoms with Gasteiger partial charge in [-0.05, 0) is 61.4 Å². The molecule has 1 heterocycles. The molecule has 1 aliphatic rings. The van der Waals surface area contributed by atoms with Crippen LogP contribution in [-0.4, -0.2) is 4.98 Å². The van der Waals surface area contributed by atoms with Gasteiger partial charge < -0.3 is 0 Å². The summed E-state index contributed by atoms with van der Waals surface area (Å²) in [4.78, 5) is 4.71. The number of thiol groups is 1. The molecule has 0 fully saturated rings. The highest BCUT2D eigenvalue weighted by Crippen LogP contribution is 2.27. The molecule has 0 bridgehead atoms. The number of aryl methyl sites for hydroxylation is 3. The Bertz CT molecular complexity index is 604.